The van der Waals surface area contributed by atoms with Gasteiger partial charge in [-0.3, -0.25) is 4.79 Å². The molecule has 0 N–H and O–H groups in total. The van der Waals surface area contributed by atoms with E-state index in [0.717, 1.165) is 36.8 Å². The summed E-state index contributed by atoms with van der Waals surface area (Å²) < 4.78 is 2.26. The minimum Gasteiger partial charge on any atom is -0.334 e. The van der Waals surface area contributed by atoms with Gasteiger partial charge in [0.05, 0.1) is 17.5 Å². The Morgan fingerprint density at radius 2 is 2.24 bits per heavy atom. The first-order valence-electron chi connectivity index (χ1n) is 8.96. The van der Waals surface area contributed by atoms with E-state index in [1.165, 1.54) is 10.6 Å². The Hall–Kier alpha value is -1.27. The third-order valence-corrected chi connectivity index (χ3v) is 6.67. The SMILES string of the molecule is Cc1nc(SCC(=O)N2CCCC2c2cccs2)n(CC(C)C)c1C. The lowest BCUT2D eigenvalue weighted by Gasteiger charge is -2.23. The molecule has 6 heteroatoms. The molecule has 0 aromatic carbocycles. The van der Waals surface area contributed by atoms with Gasteiger partial charge in [-0.15, -0.1) is 11.3 Å². The van der Waals surface area contributed by atoms with Crippen LogP contribution in [0.25, 0.3) is 0 Å². The summed E-state index contributed by atoms with van der Waals surface area (Å²) in [6, 6.07) is 4.49. The molecule has 0 spiro atoms. The van der Waals surface area contributed by atoms with E-state index in [2.05, 4.69) is 52.7 Å². The Balaban J connectivity index is 1.67. The number of thiophene rings is 1. The summed E-state index contributed by atoms with van der Waals surface area (Å²) in [5, 5.41) is 3.07. The first kappa shape index (κ1) is 18.5. The number of imidazole rings is 1. The van der Waals surface area contributed by atoms with Crippen LogP contribution in [0.5, 0.6) is 0 Å². The molecule has 1 atom stereocenters. The maximum absolute atomic E-state index is 12.8. The largest absolute Gasteiger partial charge is 0.334 e. The Morgan fingerprint density at radius 3 is 2.92 bits per heavy atom. The standard InChI is InChI=1S/C19H27N3OS2/c1-13(2)11-22-15(4)14(3)20-19(22)25-12-18(23)21-9-5-7-16(21)17-8-6-10-24-17/h6,8,10,13,16H,5,7,9,11-12H2,1-4H3. The molecule has 1 amide bonds. The van der Waals surface area contributed by atoms with Crippen molar-refractivity contribution in [2.75, 3.05) is 12.3 Å². The molecular formula is C19H27N3OS2. The highest BCUT2D eigenvalue weighted by Crippen LogP contribution is 2.35. The average molecular weight is 378 g/mol. The van der Waals surface area contributed by atoms with Gasteiger partial charge in [0.25, 0.3) is 0 Å². The quantitative estimate of drug-likeness (QED) is 0.687. The van der Waals surface area contributed by atoms with E-state index in [4.69, 9.17) is 0 Å². The van der Waals surface area contributed by atoms with Gasteiger partial charge in [0.2, 0.25) is 5.91 Å². The van der Waals surface area contributed by atoms with E-state index in [1.54, 1.807) is 23.1 Å². The Kier molecular flexibility index (Phi) is 5.89. The fourth-order valence-electron chi connectivity index (χ4n) is 3.36. The molecule has 3 heterocycles. The summed E-state index contributed by atoms with van der Waals surface area (Å²) in [6.07, 6.45) is 2.18. The minimum atomic E-state index is 0.232. The second-order valence-corrected chi connectivity index (χ2v) is 9.04. The molecule has 136 valence electrons. The summed E-state index contributed by atoms with van der Waals surface area (Å²) in [7, 11) is 0. The van der Waals surface area contributed by atoms with Gasteiger partial charge < -0.3 is 9.47 Å². The maximum Gasteiger partial charge on any atom is 0.233 e. The lowest BCUT2D eigenvalue weighted by molar-refractivity contribution is -0.129. The molecular weight excluding hydrogens is 350 g/mol. The molecule has 3 rings (SSSR count). The number of hydrogen-bond acceptors (Lipinski definition) is 4. The van der Waals surface area contributed by atoms with Crippen LogP contribution in [0.2, 0.25) is 0 Å². The highest BCUT2D eigenvalue weighted by molar-refractivity contribution is 7.99. The Labute approximate surface area is 158 Å². The van der Waals surface area contributed by atoms with Crippen LogP contribution in [0.1, 0.15) is 49.0 Å². The highest BCUT2D eigenvalue weighted by Gasteiger charge is 2.30. The number of carbonyl (C=O) groups is 1. The smallest absolute Gasteiger partial charge is 0.233 e. The number of rotatable bonds is 6. The summed E-state index contributed by atoms with van der Waals surface area (Å²) in [5.41, 5.74) is 2.27. The summed E-state index contributed by atoms with van der Waals surface area (Å²) in [4.78, 5) is 20.9. The Bertz CT molecular complexity index is 721. The van der Waals surface area contributed by atoms with Crippen LogP contribution in [0.3, 0.4) is 0 Å². The van der Waals surface area contributed by atoms with Gasteiger partial charge in [-0.2, -0.15) is 0 Å². The second kappa shape index (κ2) is 7.96. The lowest BCUT2D eigenvalue weighted by Crippen LogP contribution is -2.31. The minimum absolute atomic E-state index is 0.232. The van der Waals surface area contributed by atoms with Crippen molar-refractivity contribution in [3.8, 4) is 0 Å². The molecule has 2 aromatic rings. The van der Waals surface area contributed by atoms with Crippen LogP contribution in [0, 0.1) is 19.8 Å². The van der Waals surface area contributed by atoms with Gasteiger partial charge in [-0.1, -0.05) is 31.7 Å². The molecule has 25 heavy (non-hydrogen) atoms. The van der Waals surface area contributed by atoms with E-state index in [1.807, 2.05) is 6.92 Å². The van der Waals surface area contributed by atoms with Crippen molar-refractivity contribution in [1.82, 2.24) is 14.5 Å². The van der Waals surface area contributed by atoms with Gasteiger partial charge in [0.15, 0.2) is 5.16 Å². The number of carbonyl (C=O) groups excluding carboxylic acids is 1. The van der Waals surface area contributed by atoms with Gasteiger partial charge >= 0.3 is 0 Å². The number of amides is 1. The summed E-state index contributed by atoms with van der Waals surface area (Å²) in [5.74, 6) is 1.26. The molecule has 1 saturated heterocycles. The van der Waals surface area contributed by atoms with E-state index in [9.17, 15) is 4.79 Å². The van der Waals surface area contributed by atoms with Gasteiger partial charge in [-0.25, -0.2) is 4.98 Å². The second-order valence-electron chi connectivity index (χ2n) is 7.12. The number of nitrogens with zero attached hydrogens (tertiary/aromatic N) is 3. The molecule has 1 unspecified atom stereocenters. The van der Waals surface area contributed by atoms with Crippen molar-refractivity contribution >= 4 is 29.0 Å². The van der Waals surface area contributed by atoms with Crippen LogP contribution in [-0.4, -0.2) is 32.7 Å². The number of thioether (sulfide) groups is 1. The predicted molar refractivity (Wildman–Crippen MR) is 105 cm³/mol. The Morgan fingerprint density at radius 1 is 1.44 bits per heavy atom. The molecule has 1 aliphatic rings. The molecule has 0 radical (unpaired) electrons. The molecule has 4 nitrogen and oxygen atoms in total. The van der Waals surface area contributed by atoms with E-state index in [-0.39, 0.29) is 11.9 Å². The van der Waals surface area contributed by atoms with Crippen LogP contribution in [0.15, 0.2) is 22.7 Å². The lowest BCUT2D eigenvalue weighted by atomic mass is 10.2. The van der Waals surface area contributed by atoms with Gasteiger partial charge in [0.1, 0.15) is 0 Å². The molecule has 0 bridgehead atoms. The van der Waals surface area contributed by atoms with Crippen molar-refractivity contribution in [3.05, 3.63) is 33.8 Å². The first-order chi connectivity index (χ1) is 12.0. The number of likely N-dealkylation sites (tertiary alicyclic amines) is 1. The first-order valence-corrected chi connectivity index (χ1v) is 10.8. The zero-order valence-electron chi connectivity index (χ0n) is 15.5. The van der Waals surface area contributed by atoms with Crippen LogP contribution >= 0.6 is 23.1 Å². The zero-order chi connectivity index (χ0) is 18.0. The van der Waals surface area contributed by atoms with Crippen molar-refractivity contribution in [3.63, 3.8) is 0 Å². The fraction of sp³-hybridized carbons (Fsp3) is 0.579. The molecule has 1 fully saturated rings. The molecule has 2 aromatic heterocycles. The molecule has 1 aliphatic heterocycles. The van der Waals surface area contributed by atoms with Crippen molar-refractivity contribution in [2.24, 2.45) is 5.92 Å². The van der Waals surface area contributed by atoms with Crippen molar-refractivity contribution in [2.45, 2.75) is 58.3 Å². The van der Waals surface area contributed by atoms with Crippen LogP contribution in [-0.2, 0) is 11.3 Å². The average Bonchev–Trinajstić information content (AvgIpc) is 3.29. The summed E-state index contributed by atoms with van der Waals surface area (Å²) in [6.45, 7) is 10.4. The predicted octanol–water partition coefficient (Wildman–Crippen LogP) is 4.67. The van der Waals surface area contributed by atoms with Crippen LogP contribution in [0.4, 0.5) is 0 Å². The van der Waals surface area contributed by atoms with Gasteiger partial charge in [0, 0.05) is 23.7 Å². The van der Waals surface area contributed by atoms with Crippen molar-refractivity contribution < 1.29 is 4.79 Å². The molecule has 0 aliphatic carbocycles. The van der Waals surface area contributed by atoms with Crippen LogP contribution < -0.4 is 0 Å². The molecule has 0 saturated carbocycles. The highest BCUT2D eigenvalue weighted by atomic mass is 32.2. The third-order valence-electron chi connectivity index (χ3n) is 4.74. The number of hydrogen-bond donors (Lipinski definition) is 0. The maximum atomic E-state index is 12.8. The summed E-state index contributed by atoms with van der Waals surface area (Å²) >= 11 is 3.34. The fourth-order valence-corrected chi connectivity index (χ4v) is 5.23. The van der Waals surface area contributed by atoms with E-state index < -0.39 is 0 Å². The number of aryl methyl sites for hydroxylation is 1. The normalized spacial score (nSPS) is 17.6. The third kappa shape index (κ3) is 4.11. The van der Waals surface area contributed by atoms with Crippen molar-refractivity contribution in [1.29, 1.82) is 0 Å². The zero-order valence-corrected chi connectivity index (χ0v) is 17.1. The van der Waals surface area contributed by atoms with E-state index in [0.29, 0.717) is 11.7 Å². The van der Waals surface area contributed by atoms with Gasteiger partial charge in [-0.05, 0) is 44.1 Å². The number of aromatic nitrogens is 2. The topological polar surface area (TPSA) is 38.1 Å². The van der Waals surface area contributed by atoms with E-state index >= 15 is 0 Å². The monoisotopic (exact) mass is 377 g/mol.